The lowest BCUT2D eigenvalue weighted by atomic mass is 10.1. The van der Waals surface area contributed by atoms with Crippen LogP contribution in [0.4, 0.5) is 5.69 Å². The highest BCUT2D eigenvalue weighted by Crippen LogP contribution is 2.15. The van der Waals surface area contributed by atoms with E-state index in [9.17, 15) is 20.2 Å². The molecule has 0 radical (unpaired) electrons. The van der Waals surface area contributed by atoms with Crippen molar-refractivity contribution in [3.05, 3.63) is 55.8 Å². The van der Waals surface area contributed by atoms with Gasteiger partial charge in [0.1, 0.15) is 0 Å². The Hall–Kier alpha value is -2.24. The number of hydrogen-bond acceptors (Lipinski definition) is 4. The second kappa shape index (κ2) is 5.01. The summed E-state index contributed by atoms with van der Waals surface area (Å²) in [6, 6.07) is 5.60. The molecule has 1 aromatic carbocycles. The van der Waals surface area contributed by atoms with Gasteiger partial charge in [-0.2, -0.15) is 0 Å². The summed E-state index contributed by atoms with van der Waals surface area (Å²) in [5, 5.41) is 20.9. The Bertz CT molecular complexity index is 437. The summed E-state index contributed by atoms with van der Waals surface area (Å²) >= 11 is 0. The van der Waals surface area contributed by atoms with Crippen LogP contribution in [-0.4, -0.2) is 9.85 Å². The molecule has 0 aliphatic carbocycles. The molecule has 0 aliphatic heterocycles. The first-order chi connectivity index (χ1) is 7.54. The molecule has 0 aliphatic rings. The molecule has 84 valence electrons. The van der Waals surface area contributed by atoms with Crippen LogP contribution in [0.2, 0.25) is 0 Å². The topological polar surface area (TPSA) is 86.3 Å². The van der Waals surface area contributed by atoms with Crippen LogP contribution in [0.3, 0.4) is 0 Å². The first-order valence-corrected chi connectivity index (χ1v) is 4.64. The summed E-state index contributed by atoms with van der Waals surface area (Å²) in [6.45, 7) is 1.68. The SMILES string of the molecule is CC/C(=C/c1ccc([N+](=O)[O-])cc1)[N+](=O)[O-]. The van der Waals surface area contributed by atoms with Gasteiger partial charge in [0, 0.05) is 24.6 Å². The summed E-state index contributed by atoms with van der Waals surface area (Å²) in [7, 11) is 0. The van der Waals surface area contributed by atoms with Crippen molar-refractivity contribution in [3.63, 3.8) is 0 Å². The Labute approximate surface area is 91.5 Å². The van der Waals surface area contributed by atoms with Crippen molar-refractivity contribution in [1.29, 1.82) is 0 Å². The lowest BCUT2D eigenvalue weighted by Crippen LogP contribution is -1.96. The van der Waals surface area contributed by atoms with Crippen LogP contribution < -0.4 is 0 Å². The first kappa shape index (κ1) is 11.8. The number of rotatable bonds is 4. The third-order valence-corrected chi connectivity index (χ3v) is 2.03. The van der Waals surface area contributed by atoms with Crippen molar-refractivity contribution in [2.24, 2.45) is 0 Å². The molecule has 1 aromatic rings. The minimum absolute atomic E-state index is 0.0312. The highest BCUT2D eigenvalue weighted by atomic mass is 16.6. The molecule has 0 spiro atoms. The molecular formula is C10H10N2O4. The quantitative estimate of drug-likeness (QED) is 0.578. The zero-order chi connectivity index (χ0) is 12.1. The largest absolute Gasteiger partial charge is 0.269 e. The van der Waals surface area contributed by atoms with Crippen LogP contribution in [0.15, 0.2) is 30.0 Å². The van der Waals surface area contributed by atoms with E-state index in [2.05, 4.69) is 0 Å². The molecule has 0 aromatic heterocycles. The van der Waals surface area contributed by atoms with E-state index in [4.69, 9.17) is 0 Å². The van der Waals surface area contributed by atoms with E-state index in [-0.39, 0.29) is 11.4 Å². The average Bonchev–Trinajstić information content (AvgIpc) is 2.26. The molecule has 0 heterocycles. The van der Waals surface area contributed by atoms with Gasteiger partial charge < -0.3 is 0 Å². The monoisotopic (exact) mass is 222 g/mol. The molecule has 0 atom stereocenters. The molecule has 0 bridgehead atoms. The second-order valence-electron chi connectivity index (χ2n) is 3.09. The second-order valence-corrected chi connectivity index (χ2v) is 3.09. The van der Waals surface area contributed by atoms with Crippen LogP contribution in [-0.2, 0) is 0 Å². The van der Waals surface area contributed by atoms with Gasteiger partial charge in [-0.3, -0.25) is 20.2 Å². The number of nitro groups is 2. The van der Waals surface area contributed by atoms with Crippen LogP contribution in [0.25, 0.3) is 6.08 Å². The summed E-state index contributed by atoms with van der Waals surface area (Å²) < 4.78 is 0. The molecule has 1 rings (SSSR count). The Balaban J connectivity index is 2.98. The van der Waals surface area contributed by atoms with Crippen molar-refractivity contribution in [2.45, 2.75) is 13.3 Å². The Kier molecular flexibility index (Phi) is 3.71. The Morgan fingerprint density at radius 3 is 2.19 bits per heavy atom. The summed E-state index contributed by atoms with van der Waals surface area (Å²) in [4.78, 5) is 20.0. The predicted octanol–water partition coefficient (Wildman–Crippen LogP) is 2.62. The Morgan fingerprint density at radius 1 is 1.25 bits per heavy atom. The zero-order valence-electron chi connectivity index (χ0n) is 8.62. The van der Waals surface area contributed by atoms with Crippen molar-refractivity contribution < 1.29 is 9.85 Å². The fraction of sp³-hybridized carbons (Fsp3) is 0.200. The number of non-ortho nitro benzene ring substituents is 1. The fourth-order valence-electron chi connectivity index (χ4n) is 1.17. The van der Waals surface area contributed by atoms with Crippen LogP contribution >= 0.6 is 0 Å². The fourth-order valence-corrected chi connectivity index (χ4v) is 1.17. The molecule has 0 fully saturated rings. The number of allylic oxidation sites excluding steroid dienone is 1. The van der Waals surface area contributed by atoms with Gasteiger partial charge in [0.05, 0.1) is 9.85 Å². The van der Waals surface area contributed by atoms with Crippen LogP contribution in [0.1, 0.15) is 18.9 Å². The smallest absolute Gasteiger partial charge is 0.259 e. The van der Waals surface area contributed by atoms with Gasteiger partial charge in [0.25, 0.3) is 5.69 Å². The standard InChI is InChI=1S/C10H10N2O4/c1-2-9(11(13)14)7-8-3-5-10(6-4-8)12(15)16/h3-7H,2H2,1H3/b9-7-. The van der Waals surface area contributed by atoms with Crippen molar-refractivity contribution in [2.75, 3.05) is 0 Å². The van der Waals surface area contributed by atoms with Gasteiger partial charge in [-0.05, 0) is 17.7 Å². The minimum Gasteiger partial charge on any atom is -0.259 e. The lowest BCUT2D eigenvalue weighted by molar-refractivity contribution is -0.425. The molecular weight excluding hydrogens is 212 g/mol. The van der Waals surface area contributed by atoms with Gasteiger partial charge in [0.2, 0.25) is 5.70 Å². The maximum atomic E-state index is 10.5. The van der Waals surface area contributed by atoms with Crippen molar-refractivity contribution in [3.8, 4) is 0 Å². The zero-order valence-corrected chi connectivity index (χ0v) is 8.62. The molecule has 6 heteroatoms. The van der Waals surface area contributed by atoms with Gasteiger partial charge in [-0.25, -0.2) is 0 Å². The van der Waals surface area contributed by atoms with E-state index in [1.807, 2.05) is 0 Å². The molecule has 0 N–H and O–H groups in total. The highest BCUT2D eigenvalue weighted by Gasteiger charge is 2.08. The summed E-state index contributed by atoms with van der Waals surface area (Å²) in [5.41, 5.74) is 0.629. The van der Waals surface area contributed by atoms with E-state index in [1.165, 1.54) is 30.3 Å². The molecule has 6 nitrogen and oxygen atoms in total. The van der Waals surface area contributed by atoms with Crippen LogP contribution in [0, 0.1) is 20.2 Å². The van der Waals surface area contributed by atoms with E-state index < -0.39 is 9.85 Å². The lowest BCUT2D eigenvalue weighted by Gasteiger charge is -1.95. The molecule has 0 saturated heterocycles. The maximum absolute atomic E-state index is 10.5. The number of benzene rings is 1. The maximum Gasteiger partial charge on any atom is 0.269 e. The van der Waals surface area contributed by atoms with Crippen molar-refractivity contribution in [1.82, 2.24) is 0 Å². The average molecular weight is 222 g/mol. The van der Waals surface area contributed by atoms with Crippen molar-refractivity contribution >= 4 is 11.8 Å². The normalized spacial score (nSPS) is 11.2. The number of nitro benzene ring substituents is 1. The number of hydrogen-bond donors (Lipinski definition) is 0. The van der Waals surface area contributed by atoms with Gasteiger partial charge in [-0.15, -0.1) is 0 Å². The van der Waals surface area contributed by atoms with E-state index in [0.717, 1.165) is 0 Å². The Morgan fingerprint density at radius 2 is 1.81 bits per heavy atom. The molecule has 16 heavy (non-hydrogen) atoms. The highest BCUT2D eigenvalue weighted by molar-refractivity contribution is 5.53. The van der Waals surface area contributed by atoms with Gasteiger partial charge in [0.15, 0.2) is 0 Å². The van der Waals surface area contributed by atoms with Crippen LogP contribution in [0.5, 0.6) is 0 Å². The number of nitrogens with zero attached hydrogens (tertiary/aromatic N) is 2. The van der Waals surface area contributed by atoms with E-state index >= 15 is 0 Å². The van der Waals surface area contributed by atoms with E-state index in [1.54, 1.807) is 6.92 Å². The molecule has 0 amide bonds. The first-order valence-electron chi connectivity index (χ1n) is 4.64. The summed E-state index contributed by atoms with van der Waals surface area (Å²) in [6.07, 6.45) is 1.72. The molecule has 0 unspecified atom stereocenters. The van der Waals surface area contributed by atoms with E-state index in [0.29, 0.717) is 12.0 Å². The predicted molar refractivity (Wildman–Crippen MR) is 58.4 cm³/mol. The molecule has 0 saturated carbocycles. The minimum atomic E-state index is -0.512. The van der Waals surface area contributed by atoms with Gasteiger partial charge in [-0.1, -0.05) is 6.92 Å². The third kappa shape index (κ3) is 2.88. The van der Waals surface area contributed by atoms with Gasteiger partial charge >= 0.3 is 0 Å². The third-order valence-electron chi connectivity index (χ3n) is 2.03. The summed E-state index contributed by atoms with van der Waals surface area (Å²) in [5.74, 6) is 0.